The third kappa shape index (κ3) is 4.78. The molecule has 3 heterocycles. The first kappa shape index (κ1) is 24.3. The van der Waals surface area contributed by atoms with Gasteiger partial charge in [0, 0.05) is 17.7 Å². The predicted octanol–water partition coefficient (Wildman–Crippen LogP) is 6.22. The molecule has 2 aromatic carbocycles. The number of pyridine rings is 1. The van der Waals surface area contributed by atoms with Crippen LogP contribution in [0.4, 0.5) is 0 Å². The van der Waals surface area contributed by atoms with Crippen LogP contribution in [0.1, 0.15) is 61.7 Å². The Hall–Kier alpha value is -4.07. The Morgan fingerprint density at radius 2 is 1.84 bits per heavy atom. The number of benzene rings is 2. The molecular weight excluding hydrogens is 474 g/mol. The van der Waals surface area contributed by atoms with Crippen molar-refractivity contribution in [1.82, 2.24) is 35.2 Å². The van der Waals surface area contributed by atoms with E-state index in [1.165, 1.54) is 19.3 Å². The Morgan fingerprint density at radius 3 is 2.63 bits per heavy atom. The van der Waals surface area contributed by atoms with Gasteiger partial charge in [-0.15, -0.1) is 10.2 Å². The summed E-state index contributed by atoms with van der Waals surface area (Å²) >= 11 is 0. The molecule has 38 heavy (non-hydrogen) atoms. The highest BCUT2D eigenvalue weighted by atomic mass is 16.5. The van der Waals surface area contributed by atoms with Crippen LogP contribution >= 0.6 is 0 Å². The SMILES string of the molecule is CCc1nc2c(C)cc(C)nc2n1Cc1ccc(-c2cccc(OC3CCCCC3)c2)c(-c2nn[nH]n2)c1. The van der Waals surface area contributed by atoms with Crippen molar-refractivity contribution in [3.63, 3.8) is 0 Å². The average Bonchev–Trinajstić information content (AvgIpc) is 3.58. The van der Waals surface area contributed by atoms with Crippen LogP contribution in [-0.2, 0) is 13.0 Å². The summed E-state index contributed by atoms with van der Waals surface area (Å²) in [5.74, 6) is 2.50. The number of hydrogen-bond donors (Lipinski definition) is 1. The second kappa shape index (κ2) is 10.4. The highest BCUT2D eigenvalue weighted by Gasteiger charge is 2.18. The maximum atomic E-state index is 6.36. The molecule has 1 saturated carbocycles. The lowest BCUT2D eigenvalue weighted by Gasteiger charge is -2.23. The number of rotatable bonds is 7. The quantitative estimate of drug-likeness (QED) is 0.281. The smallest absolute Gasteiger partial charge is 0.205 e. The summed E-state index contributed by atoms with van der Waals surface area (Å²) < 4.78 is 8.59. The first-order valence-corrected chi connectivity index (χ1v) is 13.6. The van der Waals surface area contributed by atoms with Crippen molar-refractivity contribution in [3.8, 4) is 28.3 Å². The van der Waals surface area contributed by atoms with Crippen LogP contribution in [0, 0.1) is 13.8 Å². The molecule has 8 heteroatoms. The molecule has 1 N–H and O–H groups in total. The largest absolute Gasteiger partial charge is 0.490 e. The first-order chi connectivity index (χ1) is 18.6. The molecule has 0 spiro atoms. The molecule has 0 atom stereocenters. The van der Waals surface area contributed by atoms with E-state index in [2.05, 4.69) is 81.5 Å². The highest BCUT2D eigenvalue weighted by molar-refractivity contribution is 5.81. The summed E-state index contributed by atoms with van der Waals surface area (Å²) in [6.45, 7) is 6.93. The number of hydrogen-bond acceptors (Lipinski definition) is 6. The van der Waals surface area contributed by atoms with Crippen LogP contribution in [0.2, 0.25) is 0 Å². The number of nitrogens with one attached hydrogen (secondary N) is 1. The lowest BCUT2D eigenvalue weighted by atomic mass is 9.96. The molecular formula is C30H33N7O. The van der Waals surface area contributed by atoms with Gasteiger partial charge in [0.2, 0.25) is 5.82 Å². The van der Waals surface area contributed by atoms with Gasteiger partial charge >= 0.3 is 0 Å². The zero-order chi connectivity index (χ0) is 26.1. The molecule has 8 nitrogen and oxygen atoms in total. The van der Waals surface area contributed by atoms with Gasteiger partial charge in [0.15, 0.2) is 5.65 Å². The third-order valence-corrected chi connectivity index (χ3v) is 7.43. The normalized spacial score (nSPS) is 14.3. The second-order valence-electron chi connectivity index (χ2n) is 10.2. The Kier molecular flexibility index (Phi) is 6.62. The van der Waals surface area contributed by atoms with Gasteiger partial charge in [-0.05, 0) is 91.3 Å². The van der Waals surface area contributed by atoms with Crippen LogP contribution in [0.15, 0.2) is 48.5 Å². The fourth-order valence-corrected chi connectivity index (χ4v) is 5.58. The van der Waals surface area contributed by atoms with E-state index in [9.17, 15) is 0 Å². The van der Waals surface area contributed by atoms with E-state index in [-0.39, 0.29) is 0 Å². The van der Waals surface area contributed by atoms with E-state index >= 15 is 0 Å². The molecule has 0 radical (unpaired) electrons. The van der Waals surface area contributed by atoms with Crippen molar-refractivity contribution >= 4 is 11.2 Å². The number of ether oxygens (including phenoxy) is 1. The molecule has 0 amide bonds. The topological polar surface area (TPSA) is 94.4 Å². The van der Waals surface area contributed by atoms with Crippen molar-refractivity contribution in [3.05, 3.63) is 71.2 Å². The van der Waals surface area contributed by atoms with Gasteiger partial charge in [-0.1, -0.05) is 37.6 Å². The van der Waals surface area contributed by atoms with E-state index in [0.29, 0.717) is 18.5 Å². The summed E-state index contributed by atoms with van der Waals surface area (Å²) in [6.07, 6.45) is 7.19. The summed E-state index contributed by atoms with van der Waals surface area (Å²) in [5, 5.41) is 15.1. The monoisotopic (exact) mass is 507 g/mol. The number of aromatic amines is 1. The maximum absolute atomic E-state index is 6.36. The lowest BCUT2D eigenvalue weighted by Crippen LogP contribution is -2.19. The molecule has 0 bridgehead atoms. The van der Waals surface area contributed by atoms with Gasteiger partial charge < -0.3 is 9.30 Å². The Labute approximate surface area is 222 Å². The molecule has 194 valence electrons. The van der Waals surface area contributed by atoms with E-state index in [1.807, 2.05) is 13.0 Å². The zero-order valence-electron chi connectivity index (χ0n) is 22.2. The second-order valence-corrected chi connectivity index (χ2v) is 10.2. The van der Waals surface area contributed by atoms with Crippen molar-refractivity contribution in [2.45, 2.75) is 71.9 Å². The number of fused-ring (bicyclic) bond motifs is 1. The van der Waals surface area contributed by atoms with Crippen LogP contribution in [-0.4, -0.2) is 41.3 Å². The van der Waals surface area contributed by atoms with E-state index < -0.39 is 0 Å². The number of H-pyrrole nitrogens is 1. The van der Waals surface area contributed by atoms with Crippen molar-refractivity contribution < 1.29 is 4.74 Å². The predicted molar refractivity (Wildman–Crippen MR) is 148 cm³/mol. The fraction of sp³-hybridized carbons (Fsp3) is 0.367. The molecule has 3 aromatic heterocycles. The van der Waals surface area contributed by atoms with E-state index in [1.54, 1.807) is 0 Å². The highest BCUT2D eigenvalue weighted by Crippen LogP contribution is 2.34. The van der Waals surface area contributed by atoms with Gasteiger partial charge in [0.05, 0.1) is 12.6 Å². The Bertz CT molecular complexity index is 1570. The van der Waals surface area contributed by atoms with Gasteiger partial charge in [-0.3, -0.25) is 0 Å². The summed E-state index contributed by atoms with van der Waals surface area (Å²) in [6, 6.07) is 16.9. The number of aromatic nitrogens is 7. The molecule has 0 unspecified atom stereocenters. The average molecular weight is 508 g/mol. The standard InChI is InChI=1S/C30H33N7O/c1-4-27-32-28-19(2)15-20(3)31-30(28)37(27)18-21-13-14-25(26(16-21)29-33-35-36-34-29)22-9-8-12-24(17-22)38-23-10-6-5-7-11-23/h8-9,12-17,23H,4-7,10-11,18H2,1-3H3,(H,33,34,35,36). The zero-order valence-corrected chi connectivity index (χ0v) is 22.2. The molecule has 1 fully saturated rings. The van der Waals surface area contributed by atoms with Crippen LogP contribution in [0.25, 0.3) is 33.7 Å². The molecule has 0 saturated heterocycles. The number of imidazole rings is 1. The van der Waals surface area contributed by atoms with Crippen molar-refractivity contribution in [2.75, 3.05) is 0 Å². The fourth-order valence-electron chi connectivity index (χ4n) is 5.58. The van der Waals surface area contributed by atoms with Crippen molar-refractivity contribution in [2.24, 2.45) is 0 Å². The number of tetrazole rings is 1. The molecule has 1 aliphatic rings. The molecule has 0 aliphatic heterocycles. The minimum absolute atomic E-state index is 0.303. The molecule has 5 aromatic rings. The van der Waals surface area contributed by atoms with Gasteiger partial charge in [-0.25, -0.2) is 9.97 Å². The van der Waals surface area contributed by atoms with Crippen molar-refractivity contribution in [1.29, 1.82) is 0 Å². The molecule has 6 rings (SSSR count). The minimum atomic E-state index is 0.303. The minimum Gasteiger partial charge on any atom is -0.490 e. The lowest BCUT2D eigenvalue weighted by molar-refractivity contribution is 0.155. The van der Waals surface area contributed by atoms with Crippen LogP contribution in [0.3, 0.4) is 0 Å². The molecule has 1 aliphatic carbocycles. The summed E-state index contributed by atoms with van der Waals surface area (Å²) in [5.41, 5.74) is 8.21. The number of nitrogens with zero attached hydrogens (tertiary/aromatic N) is 6. The van der Waals surface area contributed by atoms with Crippen LogP contribution in [0.5, 0.6) is 5.75 Å². The van der Waals surface area contributed by atoms with E-state index in [0.717, 1.165) is 75.5 Å². The number of aryl methyl sites for hydroxylation is 3. The Balaban J connectivity index is 1.38. The first-order valence-electron chi connectivity index (χ1n) is 13.6. The summed E-state index contributed by atoms with van der Waals surface area (Å²) in [7, 11) is 0. The maximum Gasteiger partial charge on any atom is 0.205 e. The van der Waals surface area contributed by atoms with Gasteiger partial charge in [0.25, 0.3) is 0 Å². The third-order valence-electron chi connectivity index (χ3n) is 7.43. The van der Waals surface area contributed by atoms with E-state index in [4.69, 9.17) is 14.7 Å². The van der Waals surface area contributed by atoms with Gasteiger partial charge in [0.1, 0.15) is 17.1 Å². The summed E-state index contributed by atoms with van der Waals surface area (Å²) in [4.78, 5) is 9.75. The Morgan fingerprint density at radius 1 is 0.974 bits per heavy atom. The van der Waals surface area contributed by atoms with Crippen LogP contribution < -0.4 is 4.74 Å². The van der Waals surface area contributed by atoms with Gasteiger partial charge in [-0.2, -0.15) is 5.21 Å².